The van der Waals surface area contributed by atoms with Crippen molar-refractivity contribution in [3.05, 3.63) is 0 Å². The predicted octanol–water partition coefficient (Wildman–Crippen LogP) is 2.60. The zero-order valence-electron chi connectivity index (χ0n) is 4.49. The van der Waals surface area contributed by atoms with Crippen LogP contribution in [0.15, 0.2) is 0 Å². The Bertz CT molecular complexity index is 50.0. The second-order valence-corrected chi connectivity index (χ2v) is 4.00. The molecule has 1 aliphatic rings. The molecule has 0 aromatic carbocycles. The summed E-state index contributed by atoms with van der Waals surface area (Å²) < 4.78 is 1.01. The Labute approximate surface area is 59.0 Å². The third kappa shape index (κ3) is 2.02. The predicted molar refractivity (Wildman–Crippen MR) is 43.2 cm³/mol. The van der Waals surface area contributed by atoms with Crippen LogP contribution in [-0.4, -0.2) is 4.57 Å². The van der Waals surface area contributed by atoms with E-state index in [1.807, 2.05) is 0 Å². The fourth-order valence-corrected chi connectivity index (χ4v) is 1.93. The van der Waals surface area contributed by atoms with Gasteiger partial charge in [-0.1, -0.05) is 31.9 Å². The number of hydrogen-bond acceptors (Lipinski definition) is 0. The van der Waals surface area contributed by atoms with Crippen LogP contribution in [0.3, 0.4) is 0 Å². The van der Waals surface area contributed by atoms with Crippen LogP contribution < -0.4 is 0 Å². The van der Waals surface area contributed by atoms with Crippen LogP contribution in [0.5, 0.6) is 0 Å². The van der Waals surface area contributed by atoms with Gasteiger partial charge in [-0.3, -0.25) is 0 Å². The lowest BCUT2D eigenvalue weighted by molar-refractivity contribution is 0.733. The second-order valence-electron chi connectivity index (χ2n) is 2.24. The van der Waals surface area contributed by atoms with Crippen molar-refractivity contribution < 1.29 is 0 Å². The van der Waals surface area contributed by atoms with Crippen LogP contribution >= 0.6 is 22.4 Å². The van der Waals surface area contributed by atoms with Gasteiger partial charge in [0, 0.05) is 0 Å². The Morgan fingerprint density at radius 1 is 1.00 bits per heavy atom. The quantitative estimate of drug-likeness (QED) is 0.423. The summed E-state index contributed by atoms with van der Waals surface area (Å²) in [6, 6.07) is 0. The SMILES string of the molecule is IB1CCCCC1. The van der Waals surface area contributed by atoms with Gasteiger partial charge in [0.1, 0.15) is 0 Å². The third-order valence-electron chi connectivity index (χ3n) is 1.53. The maximum absolute atomic E-state index is 2.56. The van der Waals surface area contributed by atoms with E-state index >= 15 is 0 Å². The lowest BCUT2D eigenvalue weighted by Gasteiger charge is -2.10. The normalized spacial score (nSPS) is 22.7. The fourth-order valence-electron chi connectivity index (χ4n) is 1.05. The Morgan fingerprint density at radius 3 is 1.86 bits per heavy atom. The highest BCUT2D eigenvalue weighted by Gasteiger charge is 2.12. The van der Waals surface area contributed by atoms with E-state index in [2.05, 4.69) is 22.4 Å². The van der Waals surface area contributed by atoms with Gasteiger partial charge in [-0.2, -0.15) is 0 Å². The molecule has 1 heterocycles. The van der Waals surface area contributed by atoms with Crippen LogP contribution in [-0.2, 0) is 0 Å². The van der Waals surface area contributed by atoms with Crippen molar-refractivity contribution in [3.8, 4) is 0 Å². The Balaban J connectivity index is 2.12. The molecule has 1 aliphatic heterocycles. The van der Waals surface area contributed by atoms with Gasteiger partial charge in [0.05, 0.1) is 0 Å². The van der Waals surface area contributed by atoms with Gasteiger partial charge in [0.15, 0.2) is 0 Å². The molecule has 1 fully saturated rings. The molecular weight excluding hydrogens is 198 g/mol. The van der Waals surface area contributed by atoms with Crippen molar-refractivity contribution in [2.24, 2.45) is 0 Å². The number of hydrogen-bond donors (Lipinski definition) is 0. The number of halogens is 1. The molecule has 0 radical (unpaired) electrons. The Kier molecular flexibility index (Phi) is 2.50. The van der Waals surface area contributed by atoms with Gasteiger partial charge < -0.3 is 0 Å². The molecule has 1 rings (SSSR count). The van der Waals surface area contributed by atoms with Gasteiger partial charge in [-0.15, -0.1) is 22.4 Å². The molecule has 0 nitrogen and oxygen atoms in total. The maximum atomic E-state index is 2.56. The van der Waals surface area contributed by atoms with Crippen LogP contribution in [0, 0.1) is 0 Å². The van der Waals surface area contributed by atoms with E-state index in [1.165, 1.54) is 31.9 Å². The van der Waals surface area contributed by atoms with Crippen molar-refractivity contribution in [2.45, 2.75) is 31.9 Å². The molecule has 0 aromatic heterocycles. The van der Waals surface area contributed by atoms with Crippen molar-refractivity contribution in [2.75, 3.05) is 0 Å². The fraction of sp³-hybridized carbons (Fsp3) is 1.00. The highest BCUT2D eigenvalue weighted by molar-refractivity contribution is 14.1. The average molecular weight is 208 g/mol. The maximum Gasteiger partial charge on any atom is 0.217 e. The van der Waals surface area contributed by atoms with E-state index in [-0.39, 0.29) is 0 Å². The summed E-state index contributed by atoms with van der Waals surface area (Å²) >= 11 is 2.56. The monoisotopic (exact) mass is 208 g/mol. The summed E-state index contributed by atoms with van der Waals surface area (Å²) in [5.74, 6) is 0. The minimum absolute atomic E-state index is 1.01. The molecule has 0 spiro atoms. The van der Waals surface area contributed by atoms with E-state index in [4.69, 9.17) is 0 Å². The first kappa shape index (κ1) is 5.92. The molecule has 0 aromatic rings. The summed E-state index contributed by atoms with van der Waals surface area (Å²) in [5, 5.41) is 0. The topological polar surface area (TPSA) is 0 Å². The third-order valence-corrected chi connectivity index (χ3v) is 2.78. The molecule has 0 amide bonds. The van der Waals surface area contributed by atoms with Gasteiger partial charge in [0.25, 0.3) is 0 Å². The van der Waals surface area contributed by atoms with Crippen LogP contribution in [0.25, 0.3) is 0 Å². The van der Waals surface area contributed by atoms with Crippen molar-refractivity contribution in [3.63, 3.8) is 0 Å². The summed E-state index contributed by atoms with van der Waals surface area (Å²) in [6.07, 6.45) is 7.39. The average Bonchev–Trinajstić information content (AvgIpc) is 1.69. The van der Waals surface area contributed by atoms with E-state index in [0.717, 1.165) is 4.57 Å². The molecule has 0 bridgehead atoms. The highest BCUT2D eigenvalue weighted by Crippen LogP contribution is 2.22. The van der Waals surface area contributed by atoms with Crippen molar-refractivity contribution in [1.29, 1.82) is 0 Å². The molecule has 0 atom stereocenters. The molecule has 0 saturated carbocycles. The molecule has 2 heteroatoms. The molecular formula is C5H10BI. The van der Waals surface area contributed by atoms with Crippen LogP contribution in [0.4, 0.5) is 0 Å². The minimum Gasteiger partial charge on any atom is -0.150 e. The standard InChI is InChI=1S/C5H10BI/c7-6-4-2-1-3-5-6/h1-5H2. The van der Waals surface area contributed by atoms with Crippen LogP contribution in [0.1, 0.15) is 19.3 Å². The second kappa shape index (κ2) is 2.95. The smallest absolute Gasteiger partial charge is 0.150 e. The lowest BCUT2D eigenvalue weighted by atomic mass is 9.64. The highest BCUT2D eigenvalue weighted by atomic mass is 127. The number of rotatable bonds is 0. The summed E-state index contributed by atoms with van der Waals surface area (Å²) in [5.41, 5.74) is 0. The summed E-state index contributed by atoms with van der Waals surface area (Å²) in [4.78, 5) is 0. The van der Waals surface area contributed by atoms with E-state index < -0.39 is 0 Å². The first-order valence-electron chi connectivity index (χ1n) is 3.03. The van der Waals surface area contributed by atoms with Gasteiger partial charge in [-0.25, -0.2) is 0 Å². The van der Waals surface area contributed by atoms with Crippen molar-refractivity contribution in [1.82, 2.24) is 0 Å². The van der Waals surface area contributed by atoms with E-state index in [9.17, 15) is 0 Å². The van der Waals surface area contributed by atoms with Gasteiger partial charge in [0.2, 0.25) is 4.57 Å². The molecule has 0 N–H and O–H groups in total. The Morgan fingerprint density at radius 2 is 1.57 bits per heavy atom. The first-order chi connectivity index (χ1) is 3.39. The largest absolute Gasteiger partial charge is 0.217 e. The zero-order chi connectivity index (χ0) is 5.11. The zero-order valence-corrected chi connectivity index (χ0v) is 6.65. The van der Waals surface area contributed by atoms with Gasteiger partial charge in [-0.05, 0) is 0 Å². The summed E-state index contributed by atoms with van der Waals surface area (Å²) in [7, 11) is 0. The van der Waals surface area contributed by atoms with E-state index in [1.54, 1.807) is 0 Å². The summed E-state index contributed by atoms with van der Waals surface area (Å²) in [6.45, 7) is 0. The molecule has 0 unspecified atom stereocenters. The lowest BCUT2D eigenvalue weighted by Crippen LogP contribution is -2.06. The van der Waals surface area contributed by atoms with E-state index in [0.29, 0.717) is 0 Å². The first-order valence-corrected chi connectivity index (χ1v) is 4.28. The van der Waals surface area contributed by atoms with Crippen molar-refractivity contribution >= 4 is 26.9 Å². The minimum atomic E-state index is 1.01. The molecule has 40 valence electrons. The molecule has 1 saturated heterocycles. The Hall–Kier alpha value is 0.795. The van der Waals surface area contributed by atoms with Crippen LogP contribution in [0.2, 0.25) is 12.6 Å². The molecule has 7 heavy (non-hydrogen) atoms. The molecule has 0 aliphatic carbocycles. The van der Waals surface area contributed by atoms with Gasteiger partial charge >= 0.3 is 0 Å².